The van der Waals surface area contributed by atoms with E-state index in [-0.39, 0.29) is 22.6 Å². The highest BCUT2D eigenvalue weighted by Crippen LogP contribution is 2.25. The summed E-state index contributed by atoms with van der Waals surface area (Å²) >= 11 is 1.36. The van der Waals surface area contributed by atoms with Crippen LogP contribution in [0.2, 0.25) is 0 Å². The van der Waals surface area contributed by atoms with Crippen LogP contribution in [0, 0.1) is 5.82 Å². The molecule has 2 aromatic rings. The number of hydrazine groups is 1. The molecule has 6 heteroatoms. The quantitative estimate of drug-likeness (QED) is 0.646. The zero-order valence-electron chi connectivity index (χ0n) is 14.4. The van der Waals surface area contributed by atoms with Gasteiger partial charge in [-0.25, -0.2) is 4.39 Å². The van der Waals surface area contributed by atoms with Crippen molar-refractivity contribution in [1.82, 2.24) is 10.9 Å². The minimum Gasteiger partial charge on any atom is -0.272 e. The van der Waals surface area contributed by atoms with E-state index in [4.69, 9.17) is 0 Å². The number of hydrogen-bond donors (Lipinski definition) is 2. The van der Waals surface area contributed by atoms with Crippen molar-refractivity contribution < 1.29 is 14.0 Å². The number of carbonyl (C=O) groups excluding carboxylic acids is 2. The normalized spacial score (nSPS) is 11.0. The molecule has 132 valence electrons. The van der Waals surface area contributed by atoms with E-state index in [1.165, 1.54) is 35.5 Å². The van der Waals surface area contributed by atoms with Crippen molar-refractivity contribution in [2.45, 2.75) is 31.1 Å². The molecule has 25 heavy (non-hydrogen) atoms. The summed E-state index contributed by atoms with van der Waals surface area (Å²) in [6.07, 6.45) is 0. The van der Waals surface area contributed by atoms with Gasteiger partial charge in [0, 0.05) is 4.90 Å². The van der Waals surface area contributed by atoms with Gasteiger partial charge in [0.25, 0.3) is 5.91 Å². The van der Waals surface area contributed by atoms with Crippen molar-refractivity contribution >= 4 is 23.6 Å². The summed E-state index contributed by atoms with van der Waals surface area (Å²) in [4.78, 5) is 24.6. The van der Waals surface area contributed by atoms with Gasteiger partial charge in [0.2, 0.25) is 5.91 Å². The van der Waals surface area contributed by atoms with Crippen LogP contribution < -0.4 is 10.9 Å². The molecule has 0 aliphatic carbocycles. The molecule has 2 N–H and O–H groups in total. The first kappa shape index (κ1) is 19.0. The summed E-state index contributed by atoms with van der Waals surface area (Å²) in [7, 11) is 0. The lowest BCUT2D eigenvalue weighted by molar-refractivity contribution is -0.119. The van der Waals surface area contributed by atoms with Crippen LogP contribution in [-0.4, -0.2) is 17.6 Å². The van der Waals surface area contributed by atoms with E-state index >= 15 is 0 Å². The summed E-state index contributed by atoms with van der Waals surface area (Å²) in [5, 5.41) is 0. The number of rotatable bonds is 4. The monoisotopic (exact) mass is 360 g/mol. The van der Waals surface area contributed by atoms with Crippen LogP contribution in [0.25, 0.3) is 0 Å². The van der Waals surface area contributed by atoms with Crippen LogP contribution in [-0.2, 0) is 10.2 Å². The average molecular weight is 360 g/mol. The minimum absolute atomic E-state index is 0.0809. The van der Waals surface area contributed by atoms with Gasteiger partial charge in [-0.3, -0.25) is 20.4 Å². The highest BCUT2D eigenvalue weighted by Gasteiger charge is 2.14. The molecule has 0 radical (unpaired) electrons. The first-order valence-corrected chi connectivity index (χ1v) is 8.83. The first-order valence-electron chi connectivity index (χ1n) is 7.84. The third-order valence-corrected chi connectivity index (χ3v) is 4.54. The van der Waals surface area contributed by atoms with Gasteiger partial charge < -0.3 is 0 Å². The first-order chi connectivity index (χ1) is 11.8. The Morgan fingerprint density at radius 1 is 1.00 bits per heavy atom. The summed E-state index contributed by atoms with van der Waals surface area (Å²) in [6.45, 7) is 6.42. The lowest BCUT2D eigenvalue weighted by Gasteiger charge is -2.19. The van der Waals surface area contributed by atoms with Crippen molar-refractivity contribution in [3.8, 4) is 0 Å². The van der Waals surface area contributed by atoms with Gasteiger partial charge in [0.15, 0.2) is 0 Å². The van der Waals surface area contributed by atoms with E-state index < -0.39 is 11.7 Å². The number of halogens is 1. The molecule has 0 aliphatic rings. The lowest BCUT2D eigenvalue weighted by atomic mass is 9.87. The van der Waals surface area contributed by atoms with Crippen LogP contribution in [0.4, 0.5) is 4.39 Å². The molecule has 0 heterocycles. The molecule has 0 spiro atoms. The van der Waals surface area contributed by atoms with Crippen molar-refractivity contribution in [2.24, 2.45) is 0 Å². The second kappa shape index (κ2) is 8.16. The smallest absolute Gasteiger partial charge is 0.272 e. The van der Waals surface area contributed by atoms with E-state index in [9.17, 15) is 14.0 Å². The van der Waals surface area contributed by atoms with Crippen LogP contribution >= 0.6 is 11.8 Å². The van der Waals surface area contributed by atoms with E-state index in [0.717, 1.165) is 4.90 Å². The summed E-state index contributed by atoms with van der Waals surface area (Å²) < 4.78 is 13.5. The maximum absolute atomic E-state index is 13.5. The predicted octanol–water partition coefficient (Wildman–Crippen LogP) is 3.68. The summed E-state index contributed by atoms with van der Waals surface area (Å²) in [6, 6.07) is 13.6. The van der Waals surface area contributed by atoms with Gasteiger partial charge in [0.05, 0.1) is 11.3 Å². The molecule has 2 aromatic carbocycles. The van der Waals surface area contributed by atoms with Gasteiger partial charge in [-0.05, 0) is 35.2 Å². The van der Waals surface area contributed by atoms with Gasteiger partial charge in [-0.1, -0.05) is 45.0 Å². The third-order valence-electron chi connectivity index (χ3n) is 3.52. The van der Waals surface area contributed by atoms with Gasteiger partial charge >= 0.3 is 0 Å². The number of thioether (sulfide) groups is 1. The molecular weight excluding hydrogens is 339 g/mol. The zero-order chi connectivity index (χ0) is 18.4. The highest BCUT2D eigenvalue weighted by molar-refractivity contribution is 8.00. The van der Waals surface area contributed by atoms with Crippen LogP contribution in [0.5, 0.6) is 0 Å². The van der Waals surface area contributed by atoms with Crippen LogP contribution in [0.3, 0.4) is 0 Å². The van der Waals surface area contributed by atoms with E-state index in [2.05, 4.69) is 31.6 Å². The molecule has 4 nitrogen and oxygen atoms in total. The Balaban J connectivity index is 1.81. The number of amides is 2. The average Bonchev–Trinajstić information content (AvgIpc) is 2.58. The third kappa shape index (κ3) is 5.60. The number of carbonyl (C=O) groups is 2. The van der Waals surface area contributed by atoms with Crippen molar-refractivity contribution in [2.75, 3.05) is 5.75 Å². The molecular formula is C19H21FN2O2S. The summed E-state index contributed by atoms with van der Waals surface area (Å²) in [5.74, 6) is -1.55. The highest BCUT2D eigenvalue weighted by atomic mass is 32.2. The number of benzene rings is 2. The molecule has 0 fully saturated rings. The fourth-order valence-electron chi connectivity index (χ4n) is 2.08. The second-order valence-electron chi connectivity index (χ2n) is 6.55. The number of nitrogens with one attached hydrogen (secondary N) is 2. The fraction of sp³-hybridized carbons (Fsp3) is 0.263. The maximum atomic E-state index is 13.5. The van der Waals surface area contributed by atoms with Gasteiger partial charge in [-0.2, -0.15) is 0 Å². The maximum Gasteiger partial charge on any atom is 0.272 e. The minimum atomic E-state index is -0.689. The standard InChI is InChI=1S/C19H21FN2O2S/c1-19(2,3)13-8-10-14(11-9-13)25-12-17(23)21-22-18(24)15-6-4-5-7-16(15)20/h4-11H,12H2,1-3H3,(H,21,23)(H,22,24). The molecule has 0 aromatic heterocycles. The molecule has 2 rings (SSSR count). The van der Waals surface area contributed by atoms with E-state index in [1.807, 2.05) is 24.3 Å². The van der Waals surface area contributed by atoms with Crippen molar-refractivity contribution in [3.05, 3.63) is 65.5 Å². The van der Waals surface area contributed by atoms with E-state index in [1.54, 1.807) is 6.07 Å². The van der Waals surface area contributed by atoms with Crippen LogP contribution in [0.15, 0.2) is 53.4 Å². The molecule has 0 aliphatic heterocycles. The molecule has 0 unspecified atom stereocenters. The zero-order valence-corrected chi connectivity index (χ0v) is 15.2. The Morgan fingerprint density at radius 2 is 1.64 bits per heavy atom. The lowest BCUT2D eigenvalue weighted by Crippen LogP contribution is -2.42. The Bertz CT molecular complexity index is 755. The topological polar surface area (TPSA) is 58.2 Å². The molecule has 0 saturated carbocycles. The van der Waals surface area contributed by atoms with Crippen LogP contribution in [0.1, 0.15) is 36.7 Å². The predicted molar refractivity (Wildman–Crippen MR) is 97.9 cm³/mol. The number of hydrogen-bond acceptors (Lipinski definition) is 3. The fourth-order valence-corrected chi connectivity index (χ4v) is 2.77. The Labute approximate surface area is 151 Å². The molecule has 2 amide bonds. The summed E-state index contributed by atoms with van der Waals surface area (Å²) in [5.41, 5.74) is 5.69. The molecule has 0 atom stereocenters. The molecule has 0 bridgehead atoms. The van der Waals surface area contributed by atoms with Crippen molar-refractivity contribution in [1.29, 1.82) is 0 Å². The second-order valence-corrected chi connectivity index (χ2v) is 7.59. The Hall–Kier alpha value is -2.34. The van der Waals surface area contributed by atoms with Gasteiger partial charge in [-0.15, -0.1) is 11.8 Å². The van der Waals surface area contributed by atoms with Gasteiger partial charge in [0.1, 0.15) is 5.82 Å². The Morgan fingerprint density at radius 3 is 2.24 bits per heavy atom. The SMILES string of the molecule is CC(C)(C)c1ccc(SCC(=O)NNC(=O)c2ccccc2F)cc1. The van der Waals surface area contributed by atoms with E-state index in [0.29, 0.717) is 0 Å². The molecule has 0 saturated heterocycles. The Kier molecular flexibility index (Phi) is 6.20. The van der Waals surface area contributed by atoms with Crippen molar-refractivity contribution in [3.63, 3.8) is 0 Å². The largest absolute Gasteiger partial charge is 0.272 e.